The van der Waals surface area contributed by atoms with Gasteiger partial charge in [0, 0.05) is 6.04 Å². The molecule has 0 bridgehead atoms. The van der Waals surface area contributed by atoms with E-state index in [1.54, 1.807) is 0 Å². The van der Waals surface area contributed by atoms with Gasteiger partial charge in [-0.1, -0.05) is 56.5 Å². The van der Waals surface area contributed by atoms with Crippen molar-refractivity contribution < 1.29 is 0 Å². The van der Waals surface area contributed by atoms with Crippen molar-refractivity contribution in [1.82, 2.24) is 5.32 Å². The Labute approximate surface area is 93.9 Å². The first-order chi connectivity index (χ1) is 7.27. The maximum atomic E-state index is 3.56. The monoisotopic (exact) mass is 205 g/mol. The predicted molar refractivity (Wildman–Crippen MR) is 67.1 cm³/mol. The van der Waals surface area contributed by atoms with Crippen LogP contribution < -0.4 is 5.32 Å². The lowest BCUT2D eigenvalue weighted by Crippen LogP contribution is -2.20. The maximum absolute atomic E-state index is 3.56. The lowest BCUT2D eigenvalue weighted by molar-refractivity contribution is 0.494. The smallest absolute Gasteiger partial charge is 0.0320 e. The van der Waals surface area contributed by atoms with Gasteiger partial charge in [-0.2, -0.15) is 0 Å². The third-order valence-corrected chi connectivity index (χ3v) is 2.74. The van der Waals surface area contributed by atoms with E-state index in [4.69, 9.17) is 0 Å². The highest BCUT2D eigenvalue weighted by Gasteiger charge is 2.08. The number of nitrogens with one attached hydrogen (secondary N) is 1. The summed E-state index contributed by atoms with van der Waals surface area (Å²) in [4.78, 5) is 0. The van der Waals surface area contributed by atoms with E-state index in [2.05, 4.69) is 50.4 Å². The molecule has 0 fully saturated rings. The Balaban J connectivity index is 2.69. The van der Waals surface area contributed by atoms with Gasteiger partial charge in [0.2, 0.25) is 0 Å². The summed E-state index contributed by atoms with van der Waals surface area (Å²) in [5.41, 5.74) is 2.79. The highest BCUT2D eigenvalue weighted by atomic mass is 14.9. The summed E-state index contributed by atoms with van der Waals surface area (Å²) in [5, 5.41) is 3.56. The van der Waals surface area contributed by atoms with Crippen molar-refractivity contribution in [2.75, 3.05) is 6.54 Å². The first-order valence-electron chi connectivity index (χ1n) is 6.07. The van der Waals surface area contributed by atoms with Gasteiger partial charge in [0.05, 0.1) is 0 Å². The summed E-state index contributed by atoms with van der Waals surface area (Å²) < 4.78 is 0. The van der Waals surface area contributed by atoms with Crippen molar-refractivity contribution >= 4 is 0 Å². The molecule has 0 aliphatic heterocycles. The molecule has 0 heterocycles. The average molecular weight is 205 g/mol. The van der Waals surface area contributed by atoms with Crippen molar-refractivity contribution in [1.29, 1.82) is 0 Å². The third kappa shape index (κ3) is 4.05. The normalized spacial score (nSPS) is 12.7. The predicted octanol–water partition coefficient (Wildman–Crippen LogP) is 3.84. The molecule has 84 valence electrons. The second kappa shape index (κ2) is 6.62. The van der Waals surface area contributed by atoms with E-state index in [0.717, 1.165) is 6.54 Å². The molecule has 1 N–H and O–H groups in total. The van der Waals surface area contributed by atoms with E-state index in [1.165, 1.54) is 30.4 Å². The summed E-state index contributed by atoms with van der Waals surface area (Å²) in [7, 11) is 0. The molecule has 1 atom stereocenters. The molecule has 0 saturated heterocycles. The number of aryl methyl sites for hydroxylation is 1. The van der Waals surface area contributed by atoms with E-state index in [-0.39, 0.29) is 0 Å². The second-order valence-electron chi connectivity index (χ2n) is 4.17. The fourth-order valence-corrected chi connectivity index (χ4v) is 1.93. The van der Waals surface area contributed by atoms with Crippen LogP contribution in [-0.4, -0.2) is 6.54 Å². The molecule has 0 spiro atoms. The Kier molecular flexibility index (Phi) is 5.41. The zero-order chi connectivity index (χ0) is 11.1. The van der Waals surface area contributed by atoms with E-state index >= 15 is 0 Å². The SMILES string of the molecule is CCCCC(NCC)c1cccc(C)c1. The maximum Gasteiger partial charge on any atom is 0.0320 e. The quantitative estimate of drug-likeness (QED) is 0.744. The average Bonchev–Trinajstić information content (AvgIpc) is 2.24. The largest absolute Gasteiger partial charge is 0.310 e. The van der Waals surface area contributed by atoms with Crippen LogP contribution in [0, 0.1) is 6.92 Å². The van der Waals surface area contributed by atoms with Gasteiger partial charge in [-0.15, -0.1) is 0 Å². The fourth-order valence-electron chi connectivity index (χ4n) is 1.93. The summed E-state index contributed by atoms with van der Waals surface area (Å²) in [6.07, 6.45) is 3.81. The summed E-state index contributed by atoms with van der Waals surface area (Å²) in [5.74, 6) is 0. The van der Waals surface area contributed by atoms with Gasteiger partial charge in [-0.3, -0.25) is 0 Å². The zero-order valence-corrected chi connectivity index (χ0v) is 10.2. The molecule has 1 aromatic rings. The van der Waals surface area contributed by atoms with E-state index in [0.29, 0.717) is 6.04 Å². The molecule has 0 saturated carbocycles. The lowest BCUT2D eigenvalue weighted by atomic mass is 9.99. The van der Waals surface area contributed by atoms with Crippen molar-refractivity contribution in [3.8, 4) is 0 Å². The van der Waals surface area contributed by atoms with Gasteiger partial charge in [0.25, 0.3) is 0 Å². The molecular formula is C14H23N. The minimum Gasteiger partial charge on any atom is -0.310 e. The zero-order valence-electron chi connectivity index (χ0n) is 10.2. The van der Waals surface area contributed by atoms with Crippen molar-refractivity contribution in [2.24, 2.45) is 0 Å². The Morgan fingerprint density at radius 3 is 2.67 bits per heavy atom. The van der Waals surface area contributed by atoms with Crippen LogP contribution in [0.3, 0.4) is 0 Å². The van der Waals surface area contributed by atoms with Crippen LogP contribution in [0.15, 0.2) is 24.3 Å². The first-order valence-corrected chi connectivity index (χ1v) is 6.07. The van der Waals surface area contributed by atoms with Gasteiger partial charge in [0.1, 0.15) is 0 Å². The number of rotatable bonds is 6. The van der Waals surface area contributed by atoms with Gasteiger partial charge in [-0.25, -0.2) is 0 Å². The van der Waals surface area contributed by atoms with E-state index in [1.807, 2.05) is 0 Å². The van der Waals surface area contributed by atoms with Crippen molar-refractivity contribution in [3.05, 3.63) is 35.4 Å². The Morgan fingerprint density at radius 1 is 1.27 bits per heavy atom. The van der Waals surface area contributed by atoms with Gasteiger partial charge < -0.3 is 5.32 Å². The second-order valence-corrected chi connectivity index (χ2v) is 4.17. The molecule has 0 aliphatic rings. The lowest BCUT2D eigenvalue weighted by Gasteiger charge is -2.18. The van der Waals surface area contributed by atoms with Crippen LogP contribution in [0.5, 0.6) is 0 Å². The Hall–Kier alpha value is -0.820. The summed E-state index contributed by atoms with van der Waals surface area (Å²) >= 11 is 0. The van der Waals surface area contributed by atoms with Gasteiger partial charge in [-0.05, 0) is 25.5 Å². The minimum atomic E-state index is 0.537. The van der Waals surface area contributed by atoms with Crippen LogP contribution in [-0.2, 0) is 0 Å². The summed E-state index contributed by atoms with van der Waals surface area (Å²) in [6, 6.07) is 9.38. The number of unbranched alkanes of at least 4 members (excludes halogenated alkanes) is 1. The number of hydrogen-bond acceptors (Lipinski definition) is 1. The van der Waals surface area contributed by atoms with Crippen LogP contribution in [0.4, 0.5) is 0 Å². The first kappa shape index (κ1) is 12.3. The van der Waals surface area contributed by atoms with Crippen molar-refractivity contribution in [3.63, 3.8) is 0 Å². The third-order valence-electron chi connectivity index (χ3n) is 2.74. The highest BCUT2D eigenvalue weighted by Crippen LogP contribution is 2.20. The minimum absolute atomic E-state index is 0.537. The standard InChI is InChI=1S/C14H23N/c1-4-6-10-14(15-5-2)13-9-7-8-12(3)11-13/h7-9,11,14-15H,4-6,10H2,1-3H3. The van der Waals surface area contributed by atoms with Crippen LogP contribution in [0.2, 0.25) is 0 Å². The Bertz CT molecular complexity index is 280. The molecule has 0 amide bonds. The van der Waals surface area contributed by atoms with E-state index < -0.39 is 0 Å². The molecule has 1 nitrogen and oxygen atoms in total. The van der Waals surface area contributed by atoms with Gasteiger partial charge >= 0.3 is 0 Å². The number of hydrogen-bond donors (Lipinski definition) is 1. The Morgan fingerprint density at radius 2 is 2.07 bits per heavy atom. The van der Waals surface area contributed by atoms with Crippen LogP contribution >= 0.6 is 0 Å². The topological polar surface area (TPSA) is 12.0 Å². The molecule has 1 unspecified atom stereocenters. The molecule has 0 aliphatic carbocycles. The number of benzene rings is 1. The molecule has 1 rings (SSSR count). The molecule has 1 heteroatoms. The highest BCUT2D eigenvalue weighted by molar-refractivity contribution is 5.25. The summed E-state index contributed by atoms with van der Waals surface area (Å²) in [6.45, 7) is 7.63. The van der Waals surface area contributed by atoms with Crippen molar-refractivity contribution in [2.45, 2.75) is 46.1 Å². The van der Waals surface area contributed by atoms with Crippen LogP contribution in [0.25, 0.3) is 0 Å². The van der Waals surface area contributed by atoms with Gasteiger partial charge in [0.15, 0.2) is 0 Å². The molecule has 0 aromatic heterocycles. The molecule has 1 aromatic carbocycles. The molecule has 15 heavy (non-hydrogen) atoms. The van der Waals surface area contributed by atoms with Crippen LogP contribution in [0.1, 0.15) is 50.3 Å². The van der Waals surface area contributed by atoms with E-state index in [9.17, 15) is 0 Å². The molecular weight excluding hydrogens is 182 g/mol. The molecule has 0 radical (unpaired) electrons. The fraction of sp³-hybridized carbons (Fsp3) is 0.571.